The van der Waals surface area contributed by atoms with Crippen LogP contribution in [0.1, 0.15) is 113 Å². The fourth-order valence-corrected chi connectivity index (χ4v) is 10.8. The minimum absolute atomic E-state index is 0.00391. The maximum absolute atomic E-state index is 12.8. The second-order valence-electron chi connectivity index (χ2n) is 15.1. The summed E-state index contributed by atoms with van der Waals surface area (Å²) in [5, 5.41) is 10.9. The molecule has 3 nitrogen and oxygen atoms in total. The predicted octanol–water partition coefficient (Wildman–Crippen LogP) is 7.32. The Morgan fingerprint density at radius 2 is 1.59 bits per heavy atom. The molecule has 0 aliphatic heterocycles. The monoisotopic (exact) mass is 470 g/mol. The molecule has 0 saturated heterocycles. The van der Waals surface area contributed by atoms with Crippen LogP contribution >= 0.6 is 0 Å². The molecule has 0 radical (unpaired) electrons. The third-order valence-corrected chi connectivity index (χ3v) is 13.5. The molecule has 0 heterocycles. The number of rotatable bonds is 1. The van der Waals surface area contributed by atoms with E-state index in [9.17, 15) is 9.90 Å². The summed E-state index contributed by atoms with van der Waals surface area (Å²) in [6.45, 7) is 17.1. The molecule has 0 amide bonds. The summed E-state index contributed by atoms with van der Waals surface area (Å²) in [6.07, 6.45) is 13.8. The van der Waals surface area contributed by atoms with Gasteiger partial charge in [-0.25, -0.2) is 0 Å². The first-order chi connectivity index (χ1) is 15.7. The fraction of sp³-hybridized carbons (Fsp3) is 0.903. The van der Waals surface area contributed by atoms with Gasteiger partial charge in [-0.15, -0.1) is 0 Å². The van der Waals surface area contributed by atoms with E-state index >= 15 is 0 Å². The first-order valence-corrected chi connectivity index (χ1v) is 14.2. The third-order valence-electron chi connectivity index (χ3n) is 13.5. The van der Waals surface area contributed by atoms with Gasteiger partial charge in [-0.3, -0.25) is 4.79 Å². The quantitative estimate of drug-likeness (QED) is 0.322. The Bertz CT molecular complexity index is 904. The van der Waals surface area contributed by atoms with E-state index in [-0.39, 0.29) is 39.1 Å². The van der Waals surface area contributed by atoms with Crippen LogP contribution in [0.15, 0.2) is 11.6 Å². The topological polar surface area (TPSA) is 46.5 Å². The molecular weight excluding hydrogens is 420 g/mol. The van der Waals surface area contributed by atoms with Gasteiger partial charge >= 0.3 is 5.97 Å². The van der Waals surface area contributed by atoms with E-state index in [1.807, 2.05) is 0 Å². The summed E-state index contributed by atoms with van der Waals surface area (Å²) in [5.74, 6) is 1.72. The van der Waals surface area contributed by atoms with Crippen LogP contribution in [0.3, 0.4) is 0 Å². The molecule has 1 N–H and O–H groups in total. The molecule has 0 aromatic heterocycles. The highest BCUT2D eigenvalue weighted by Gasteiger charge is 2.68. The first-order valence-electron chi connectivity index (χ1n) is 14.2. The summed E-state index contributed by atoms with van der Waals surface area (Å²) < 4.78 is 5.29. The average Bonchev–Trinajstić information content (AvgIpc) is 2.77. The highest BCUT2D eigenvalue weighted by atomic mass is 16.5. The zero-order valence-electron chi connectivity index (χ0n) is 23.2. The molecule has 34 heavy (non-hydrogen) atoms. The minimum atomic E-state index is -0.358. The van der Waals surface area contributed by atoms with Gasteiger partial charge in [0.1, 0.15) is 0 Å². The Labute approximate surface area is 208 Å². The molecule has 4 fully saturated rings. The number of hydrogen-bond acceptors (Lipinski definition) is 3. The molecule has 9 atom stereocenters. The van der Waals surface area contributed by atoms with Gasteiger partial charge in [0.25, 0.3) is 0 Å². The standard InChI is InChI=1S/C31H50O3/c1-26(2)22-11-14-31(7)23(29(22,5)13-12-24(26)32)10-9-20-21-19-28(4,25(33)34-8)16-15-27(21,3)17-18-30(20,31)6/h9,21-24,32H,10-19H2,1-8H3/t21?,22?,23?,24?,27-,28+,29+,30-,31-/m1/s1. The fourth-order valence-electron chi connectivity index (χ4n) is 10.8. The van der Waals surface area contributed by atoms with Gasteiger partial charge in [-0.2, -0.15) is 0 Å². The number of aliphatic hydroxyl groups excluding tert-OH is 1. The van der Waals surface area contributed by atoms with Gasteiger partial charge in [0.2, 0.25) is 0 Å². The zero-order valence-corrected chi connectivity index (χ0v) is 23.2. The van der Waals surface area contributed by atoms with E-state index in [1.165, 1.54) is 32.1 Å². The van der Waals surface area contributed by atoms with Gasteiger partial charge in [0, 0.05) is 0 Å². The van der Waals surface area contributed by atoms with E-state index in [0.29, 0.717) is 23.2 Å². The van der Waals surface area contributed by atoms with Crippen LogP contribution in [0, 0.1) is 50.2 Å². The number of carbonyl (C=O) groups is 1. The van der Waals surface area contributed by atoms with Crippen LogP contribution < -0.4 is 0 Å². The van der Waals surface area contributed by atoms with Crippen molar-refractivity contribution in [3.63, 3.8) is 0 Å². The van der Waals surface area contributed by atoms with Crippen molar-refractivity contribution in [1.82, 2.24) is 0 Å². The lowest BCUT2D eigenvalue weighted by atomic mass is 9.33. The Morgan fingerprint density at radius 1 is 0.912 bits per heavy atom. The Kier molecular flexibility index (Phi) is 5.38. The number of esters is 1. The van der Waals surface area contributed by atoms with Crippen LogP contribution in [0.5, 0.6) is 0 Å². The lowest BCUT2D eigenvalue weighted by Gasteiger charge is -2.71. The summed E-state index contributed by atoms with van der Waals surface area (Å²) in [4.78, 5) is 12.8. The summed E-state index contributed by atoms with van der Waals surface area (Å²) >= 11 is 0. The molecule has 0 aromatic rings. The average molecular weight is 471 g/mol. The van der Waals surface area contributed by atoms with Crippen LogP contribution in [0.2, 0.25) is 0 Å². The van der Waals surface area contributed by atoms with Gasteiger partial charge in [-0.05, 0) is 116 Å². The Hall–Kier alpha value is -0.830. The number of carbonyl (C=O) groups excluding carboxylic acids is 1. The number of fused-ring (bicyclic) bond motifs is 7. The SMILES string of the molecule is COC(=O)[C@@]1(C)CC[C@]2(C)CC[C@]3(C)C(=CCC4[C@@]5(C)CCC(O)C(C)(C)C5CC[C@]43C)C2C1. The molecule has 0 spiro atoms. The van der Waals surface area contributed by atoms with Crippen LogP contribution in [-0.4, -0.2) is 24.3 Å². The van der Waals surface area contributed by atoms with Crippen molar-refractivity contribution in [1.29, 1.82) is 0 Å². The molecule has 0 aromatic carbocycles. The highest BCUT2D eigenvalue weighted by molar-refractivity contribution is 5.76. The molecule has 4 saturated carbocycles. The maximum Gasteiger partial charge on any atom is 0.311 e. The van der Waals surface area contributed by atoms with E-state index < -0.39 is 0 Å². The lowest BCUT2D eigenvalue weighted by molar-refractivity contribution is -0.203. The highest BCUT2D eigenvalue weighted by Crippen LogP contribution is 2.75. The number of hydrogen-bond donors (Lipinski definition) is 1. The second kappa shape index (κ2) is 7.36. The number of aliphatic hydroxyl groups is 1. The van der Waals surface area contributed by atoms with E-state index in [1.54, 1.807) is 12.7 Å². The molecule has 0 bridgehead atoms. The van der Waals surface area contributed by atoms with Crippen molar-refractivity contribution >= 4 is 5.97 Å². The number of allylic oxidation sites excluding steroid dienone is 2. The Balaban J connectivity index is 1.56. The molecule has 5 rings (SSSR count). The third kappa shape index (κ3) is 2.94. The molecular formula is C31H50O3. The number of ether oxygens (including phenoxy) is 1. The molecule has 5 aliphatic rings. The van der Waals surface area contributed by atoms with Crippen molar-refractivity contribution in [2.45, 2.75) is 119 Å². The summed E-state index contributed by atoms with van der Waals surface area (Å²) in [6, 6.07) is 0. The van der Waals surface area contributed by atoms with E-state index in [2.05, 4.69) is 54.5 Å². The normalized spacial score (nSPS) is 54.0. The minimum Gasteiger partial charge on any atom is -0.469 e. The first kappa shape index (κ1) is 24.8. The maximum atomic E-state index is 12.8. The van der Waals surface area contributed by atoms with Crippen molar-refractivity contribution in [3.05, 3.63) is 11.6 Å². The van der Waals surface area contributed by atoms with Crippen molar-refractivity contribution in [3.8, 4) is 0 Å². The second-order valence-corrected chi connectivity index (χ2v) is 15.1. The Morgan fingerprint density at radius 3 is 2.26 bits per heavy atom. The van der Waals surface area contributed by atoms with Crippen molar-refractivity contribution in [2.24, 2.45) is 50.2 Å². The van der Waals surface area contributed by atoms with Gasteiger partial charge in [-0.1, -0.05) is 53.2 Å². The van der Waals surface area contributed by atoms with Crippen LogP contribution in [0.25, 0.3) is 0 Å². The summed E-state index contributed by atoms with van der Waals surface area (Å²) in [7, 11) is 1.56. The van der Waals surface area contributed by atoms with Crippen LogP contribution in [0.4, 0.5) is 0 Å². The van der Waals surface area contributed by atoms with E-state index in [4.69, 9.17) is 4.74 Å². The summed E-state index contributed by atoms with van der Waals surface area (Å²) in [5.41, 5.74) is 2.39. The van der Waals surface area contributed by atoms with Crippen molar-refractivity contribution in [2.75, 3.05) is 7.11 Å². The van der Waals surface area contributed by atoms with Gasteiger partial charge in [0.05, 0.1) is 18.6 Å². The predicted molar refractivity (Wildman–Crippen MR) is 137 cm³/mol. The van der Waals surface area contributed by atoms with Crippen LogP contribution in [-0.2, 0) is 9.53 Å². The molecule has 4 unspecified atom stereocenters. The largest absolute Gasteiger partial charge is 0.469 e. The lowest BCUT2D eigenvalue weighted by Crippen LogP contribution is -2.64. The smallest absolute Gasteiger partial charge is 0.311 e. The van der Waals surface area contributed by atoms with Gasteiger partial charge < -0.3 is 9.84 Å². The van der Waals surface area contributed by atoms with E-state index in [0.717, 1.165) is 32.1 Å². The van der Waals surface area contributed by atoms with Gasteiger partial charge in [0.15, 0.2) is 0 Å². The number of methoxy groups -OCH3 is 1. The molecule has 3 heteroatoms. The zero-order chi connectivity index (χ0) is 24.9. The van der Waals surface area contributed by atoms with Crippen molar-refractivity contribution < 1.29 is 14.6 Å². The molecule has 192 valence electrons. The molecule has 5 aliphatic carbocycles.